The molecule has 1 aliphatic carbocycles. The van der Waals surface area contributed by atoms with Crippen LogP contribution in [0.25, 0.3) is 0 Å². The van der Waals surface area contributed by atoms with Gasteiger partial charge in [0, 0.05) is 24.5 Å². The molecule has 1 fully saturated rings. The smallest absolute Gasteiger partial charge is 0.232 e. The topological polar surface area (TPSA) is 109 Å². The molecule has 1 aliphatic rings. The van der Waals surface area contributed by atoms with Gasteiger partial charge in [0.05, 0.1) is 4.90 Å². The van der Waals surface area contributed by atoms with Crippen molar-refractivity contribution in [1.82, 2.24) is 15.0 Å². The van der Waals surface area contributed by atoms with E-state index in [-0.39, 0.29) is 10.9 Å². The monoisotopic (exact) mass is 440 g/mol. The van der Waals surface area contributed by atoms with Crippen molar-refractivity contribution in [3.63, 3.8) is 0 Å². The van der Waals surface area contributed by atoms with E-state index in [1.807, 2.05) is 19.9 Å². The molecule has 0 radical (unpaired) electrons. The summed E-state index contributed by atoms with van der Waals surface area (Å²) in [5.41, 5.74) is 1.21. The summed E-state index contributed by atoms with van der Waals surface area (Å²) < 4.78 is 23.8. The number of hydrogen-bond acceptors (Lipinski definition) is 8. The van der Waals surface area contributed by atoms with Crippen molar-refractivity contribution in [2.75, 3.05) is 23.4 Å². The maximum Gasteiger partial charge on any atom is 0.232 e. The summed E-state index contributed by atoms with van der Waals surface area (Å²) in [7, 11) is -3.33. The van der Waals surface area contributed by atoms with Crippen molar-refractivity contribution >= 4 is 33.1 Å². The number of rotatable bonds is 10. The fraction of sp³-hybridized carbons (Fsp3) is 0.364. The Bertz CT molecular complexity index is 1100. The number of allylic oxidation sites excluding steroid dienone is 3. The third-order valence-corrected chi connectivity index (χ3v) is 5.52. The zero-order valence-electron chi connectivity index (χ0n) is 18.0. The minimum Gasteiger partial charge on any atom is -0.352 e. The van der Waals surface area contributed by atoms with Gasteiger partial charge in [0.1, 0.15) is 5.71 Å². The van der Waals surface area contributed by atoms with Crippen LogP contribution >= 0.6 is 0 Å². The highest BCUT2D eigenvalue weighted by Crippen LogP contribution is 2.29. The molecular formula is C22H28N6O2S. The molecule has 0 unspecified atom stereocenters. The summed E-state index contributed by atoms with van der Waals surface area (Å²) in [5, 5.41) is 6.29. The highest BCUT2D eigenvalue weighted by molar-refractivity contribution is 7.90. The quantitative estimate of drug-likeness (QED) is 0.427. The Kier molecular flexibility index (Phi) is 7.17. The predicted molar refractivity (Wildman–Crippen MR) is 125 cm³/mol. The minimum atomic E-state index is -3.33. The van der Waals surface area contributed by atoms with Crippen molar-refractivity contribution in [2.24, 2.45) is 10.9 Å². The second-order valence-corrected chi connectivity index (χ2v) is 9.81. The summed E-state index contributed by atoms with van der Waals surface area (Å²) in [4.78, 5) is 18.4. The van der Waals surface area contributed by atoms with Crippen molar-refractivity contribution in [1.29, 1.82) is 0 Å². The van der Waals surface area contributed by atoms with Crippen molar-refractivity contribution < 1.29 is 8.42 Å². The van der Waals surface area contributed by atoms with Crippen LogP contribution in [0.4, 0.5) is 17.6 Å². The van der Waals surface area contributed by atoms with E-state index in [1.165, 1.54) is 19.1 Å². The van der Waals surface area contributed by atoms with Gasteiger partial charge in [-0.1, -0.05) is 24.8 Å². The lowest BCUT2D eigenvalue weighted by molar-refractivity contribution is 0.602. The van der Waals surface area contributed by atoms with Crippen LogP contribution in [0.15, 0.2) is 59.0 Å². The Morgan fingerprint density at radius 1 is 1.26 bits per heavy atom. The maximum atomic E-state index is 11.9. The van der Waals surface area contributed by atoms with Crippen LogP contribution in [0.2, 0.25) is 0 Å². The van der Waals surface area contributed by atoms with E-state index in [0.29, 0.717) is 35.0 Å². The largest absolute Gasteiger partial charge is 0.352 e. The number of benzene rings is 1. The van der Waals surface area contributed by atoms with Crippen LogP contribution in [0.3, 0.4) is 0 Å². The Hall–Kier alpha value is -3.07. The minimum absolute atomic E-state index is 0.118. The molecule has 0 aliphatic heterocycles. The van der Waals surface area contributed by atoms with Crippen LogP contribution < -0.4 is 10.6 Å². The van der Waals surface area contributed by atoms with E-state index in [2.05, 4.69) is 32.2 Å². The van der Waals surface area contributed by atoms with Crippen molar-refractivity contribution in [3.05, 3.63) is 54.9 Å². The predicted octanol–water partition coefficient (Wildman–Crippen LogP) is 3.78. The highest BCUT2D eigenvalue weighted by atomic mass is 32.2. The van der Waals surface area contributed by atoms with E-state index >= 15 is 0 Å². The van der Waals surface area contributed by atoms with Gasteiger partial charge < -0.3 is 10.6 Å². The zero-order valence-corrected chi connectivity index (χ0v) is 18.9. The van der Waals surface area contributed by atoms with E-state index in [4.69, 9.17) is 4.99 Å². The van der Waals surface area contributed by atoms with Gasteiger partial charge in [-0.15, -0.1) is 0 Å². The average molecular weight is 441 g/mol. The Morgan fingerprint density at radius 3 is 2.65 bits per heavy atom. The molecule has 1 heterocycles. The average Bonchev–Trinajstić information content (AvgIpc) is 3.51. The molecule has 1 aromatic carbocycles. The first-order valence-electron chi connectivity index (χ1n) is 10.2. The molecular weight excluding hydrogens is 412 g/mol. The third kappa shape index (κ3) is 6.99. The van der Waals surface area contributed by atoms with Crippen LogP contribution in [0.1, 0.15) is 32.5 Å². The van der Waals surface area contributed by atoms with Gasteiger partial charge in [0.25, 0.3) is 0 Å². The third-order valence-electron chi connectivity index (χ3n) is 4.41. The SMILES string of the molecule is C=C/C=C\C(=NCC1CC1)c1nc(Nc2cccc(S(C)(=O)=O)c2)nc(NC(C)C)n1. The Labute approximate surface area is 183 Å². The zero-order chi connectivity index (χ0) is 22.4. The van der Waals surface area contributed by atoms with Gasteiger partial charge in [-0.25, -0.2) is 8.42 Å². The molecule has 0 saturated heterocycles. The number of aromatic nitrogens is 3. The van der Waals surface area contributed by atoms with Gasteiger partial charge in [-0.05, 0) is 56.9 Å². The number of aliphatic imine (C=N–C) groups is 1. The lowest BCUT2D eigenvalue weighted by atomic mass is 10.3. The molecule has 164 valence electrons. The summed E-state index contributed by atoms with van der Waals surface area (Å²) in [5.74, 6) is 1.76. The Morgan fingerprint density at radius 2 is 2.00 bits per heavy atom. The second kappa shape index (κ2) is 9.82. The van der Waals surface area contributed by atoms with Crippen LogP contribution in [0.5, 0.6) is 0 Å². The lowest BCUT2D eigenvalue weighted by Gasteiger charge is -2.12. The van der Waals surface area contributed by atoms with Crippen molar-refractivity contribution in [3.8, 4) is 0 Å². The molecule has 1 aromatic heterocycles. The van der Waals surface area contributed by atoms with Gasteiger partial charge in [0.2, 0.25) is 11.9 Å². The fourth-order valence-corrected chi connectivity index (χ4v) is 3.35. The standard InChI is InChI=1S/C22H28N6O2S/c1-5-6-10-19(23-14-16-11-12-16)20-26-21(24-15(2)3)28-22(27-20)25-17-8-7-9-18(13-17)31(4,29)30/h5-10,13,15-16H,1,11-12,14H2,2-4H3,(H2,24,25,26,27,28)/b10-6-,23-19?. The molecule has 2 aromatic rings. The number of nitrogens with one attached hydrogen (secondary N) is 2. The second-order valence-electron chi connectivity index (χ2n) is 7.79. The van der Waals surface area contributed by atoms with Crippen LogP contribution in [-0.4, -0.2) is 47.9 Å². The molecule has 2 N–H and O–H groups in total. The number of anilines is 3. The Balaban J connectivity index is 1.98. The molecule has 0 atom stereocenters. The van der Waals surface area contributed by atoms with Gasteiger partial charge >= 0.3 is 0 Å². The van der Waals surface area contributed by atoms with E-state index in [1.54, 1.807) is 36.4 Å². The van der Waals surface area contributed by atoms with Crippen LogP contribution in [0, 0.1) is 5.92 Å². The highest BCUT2D eigenvalue weighted by Gasteiger charge is 2.21. The molecule has 0 spiro atoms. The van der Waals surface area contributed by atoms with Gasteiger partial charge in [0.15, 0.2) is 15.7 Å². The number of hydrogen-bond donors (Lipinski definition) is 2. The van der Waals surface area contributed by atoms with E-state index in [9.17, 15) is 8.42 Å². The molecule has 9 heteroatoms. The number of nitrogens with zero attached hydrogens (tertiary/aromatic N) is 4. The first kappa shape index (κ1) is 22.6. The first-order valence-corrected chi connectivity index (χ1v) is 12.1. The molecule has 3 rings (SSSR count). The summed E-state index contributed by atoms with van der Waals surface area (Å²) in [6.45, 7) is 8.44. The molecule has 0 bridgehead atoms. The molecule has 0 amide bonds. The molecule has 31 heavy (non-hydrogen) atoms. The van der Waals surface area contributed by atoms with Crippen molar-refractivity contribution in [2.45, 2.75) is 37.6 Å². The fourth-order valence-electron chi connectivity index (χ4n) is 2.69. The van der Waals surface area contributed by atoms with Gasteiger partial charge in [-0.3, -0.25) is 4.99 Å². The lowest BCUT2D eigenvalue weighted by Crippen LogP contribution is -2.17. The van der Waals surface area contributed by atoms with Crippen LogP contribution in [-0.2, 0) is 9.84 Å². The van der Waals surface area contributed by atoms with E-state index < -0.39 is 9.84 Å². The summed E-state index contributed by atoms with van der Waals surface area (Å²) in [6.07, 6.45) is 8.88. The summed E-state index contributed by atoms with van der Waals surface area (Å²) in [6, 6.07) is 6.64. The van der Waals surface area contributed by atoms with E-state index in [0.717, 1.165) is 6.54 Å². The maximum absolute atomic E-state index is 11.9. The molecule has 8 nitrogen and oxygen atoms in total. The summed E-state index contributed by atoms with van der Waals surface area (Å²) >= 11 is 0. The number of sulfone groups is 1. The van der Waals surface area contributed by atoms with Gasteiger partial charge in [-0.2, -0.15) is 15.0 Å². The molecule has 1 saturated carbocycles. The first-order chi connectivity index (χ1) is 14.7. The normalized spacial score (nSPS) is 14.8.